The van der Waals surface area contributed by atoms with E-state index in [0.29, 0.717) is 43.4 Å². The molecule has 48 heavy (non-hydrogen) atoms. The fraction of sp³-hybridized carbons (Fsp3) is 0.500. The summed E-state index contributed by atoms with van der Waals surface area (Å²) in [6.07, 6.45) is 3.99. The van der Waals surface area contributed by atoms with Gasteiger partial charge in [-0.15, -0.1) is 0 Å². The van der Waals surface area contributed by atoms with Crippen LogP contribution in [0.5, 0.6) is 6.01 Å². The van der Waals surface area contributed by atoms with Crippen LogP contribution in [0.25, 0.3) is 15.6 Å². The van der Waals surface area contributed by atoms with Crippen molar-refractivity contribution in [3.63, 3.8) is 0 Å². The molecule has 0 N–H and O–H groups in total. The van der Waals surface area contributed by atoms with Gasteiger partial charge >= 0.3 is 6.01 Å². The van der Waals surface area contributed by atoms with Crippen molar-refractivity contribution in [3.05, 3.63) is 70.7 Å². The second-order valence-corrected chi connectivity index (χ2v) is 13.3. The highest BCUT2D eigenvalue weighted by atomic mass is 35.5. The molecule has 1 aliphatic carbocycles. The molecule has 10 nitrogen and oxygen atoms in total. The number of pyridine rings is 1. The van der Waals surface area contributed by atoms with E-state index in [4.69, 9.17) is 32.9 Å². The number of fused-ring (bicyclic) bond motifs is 2. The van der Waals surface area contributed by atoms with E-state index < -0.39 is 23.7 Å². The molecule has 0 spiro atoms. The molecule has 1 aromatic carbocycles. The van der Waals surface area contributed by atoms with Crippen molar-refractivity contribution < 1.29 is 22.7 Å². The molecule has 3 aliphatic rings. The zero-order chi connectivity index (χ0) is 34.2. The monoisotopic (exact) mass is 682 g/mol. The summed E-state index contributed by atoms with van der Waals surface area (Å²) in [4.78, 5) is 37.8. The van der Waals surface area contributed by atoms with E-state index in [1.165, 1.54) is 4.90 Å². The molecule has 4 heterocycles. The number of ether oxygens (including phenoxy) is 1. The molecule has 1 saturated carbocycles. The van der Waals surface area contributed by atoms with E-state index in [0.717, 1.165) is 27.7 Å². The van der Waals surface area contributed by atoms with Crippen molar-refractivity contribution >= 4 is 39.8 Å². The number of likely N-dealkylation sites (N-methyl/N-ethyl adjacent to an activating group) is 1. The number of carbonyl (C=O) groups is 1. The third kappa shape index (κ3) is 6.87. The van der Waals surface area contributed by atoms with Crippen LogP contribution in [0.1, 0.15) is 31.0 Å². The Morgan fingerprint density at radius 1 is 1.23 bits per heavy atom. The van der Waals surface area contributed by atoms with Crippen LogP contribution in [0, 0.1) is 12.5 Å². The molecule has 6 rings (SSSR count). The first kappa shape index (κ1) is 33.7. The molecule has 0 bridgehead atoms. The first-order chi connectivity index (χ1) is 23.0. The highest BCUT2D eigenvalue weighted by Crippen LogP contribution is 2.45. The molecule has 254 valence electrons. The molecule has 0 radical (unpaired) electrons. The van der Waals surface area contributed by atoms with Gasteiger partial charge in [0.2, 0.25) is 12.5 Å². The third-order valence-corrected chi connectivity index (χ3v) is 10.1. The smallest absolute Gasteiger partial charge is 0.318 e. The molecular formula is C34H38ClF3N8O2. The minimum absolute atomic E-state index is 0.00617. The number of alkyl halides is 2. The molecule has 3 aromatic rings. The lowest BCUT2D eigenvalue weighted by Gasteiger charge is -2.42. The highest BCUT2D eigenvalue weighted by molar-refractivity contribution is 6.36. The third-order valence-electron chi connectivity index (χ3n) is 9.83. The maximum absolute atomic E-state index is 13.8. The van der Waals surface area contributed by atoms with E-state index >= 15 is 0 Å². The van der Waals surface area contributed by atoms with Gasteiger partial charge in [0.15, 0.2) is 5.83 Å². The molecule has 2 atom stereocenters. The Morgan fingerprint density at radius 3 is 2.75 bits per heavy atom. The number of benzene rings is 1. The standard InChI is InChI=1S/C34H38ClF3N8O2/c1-21(36)32(47)46-11-10-45(19-25(46)17-39-3)31-26-8-9-44(29-18-40-16-23-6-5-7-27(35)30(23)29)20-28(26)41-33(42-31)48-13-12-43(4)22(2)24-14-34(37,38)15-24/h5-7,16,18,22,24-25H,1,8-15,17,19-20H2,2,4H3/t22-,25+/m1/s1. The Morgan fingerprint density at radius 2 is 2.02 bits per heavy atom. The Hall–Kier alpha value is -4.15. The molecule has 14 heteroatoms. The quantitative estimate of drug-likeness (QED) is 0.208. The van der Waals surface area contributed by atoms with Gasteiger partial charge in [-0.05, 0) is 32.4 Å². The number of aromatic nitrogens is 3. The lowest BCUT2D eigenvalue weighted by atomic mass is 9.76. The molecule has 0 unspecified atom stereocenters. The number of halogens is 4. The first-order valence-electron chi connectivity index (χ1n) is 16.1. The Balaban J connectivity index is 1.27. The Bertz CT molecular complexity index is 1740. The SMILES string of the molecule is [C-]#[N+]C[C@H]1CN(c2nc(OCCN(C)[C@H](C)C3CC(F)(F)C3)nc3c2CCN(c2cncc4cccc(Cl)c24)C3)CCN1C(=O)C(=C)F. The maximum Gasteiger partial charge on any atom is 0.318 e. The molecular weight excluding hydrogens is 645 g/mol. The first-order valence-corrected chi connectivity index (χ1v) is 16.4. The van der Waals surface area contributed by atoms with E-state index in [2.05, 4.69) is 21.3 Å². The van der Waals surface area contributed by atoms with Crippen molar-refractivity contribution in [2.75, 3.05) is 62.7 Å². The van der Waals surface area contributed by atoms with Crippen LogP contribution in [0.2, 0.25) is 5.02 Å². The van der Waals surface area contributed by atoms with Crippen molar-refractivity contribution in [1.29, 1.82) is 0 Å². The summed E-state index contributed by atoms with van der Waals surface area (Å²) in [5.41, 5.74) is 2.59. The van der Waals surface area contributed by atoms with Crippen LogP contribution in [-0.2, 0) is 17.8 Å². The van der Waals surface area contributed by atoms with Gasteiger partial charge in [-0.2, -0.15) is 9.97 Å². The van der Waals surface area contributed by atoms with Crippen LogP contribution in [0.4, 0.5) is 24.7 Å². The Labute approximate surface area is 283 Å². The number of amides is 1. The zero-order valence-corrected chi connectivity index (χ0v) is 27.8. The van der Waals surface area contributed by atoms with E-state index in [-0.39, 0.29) is 57.1 Å². The molecule has 1 amide bonds. The number of hydrogen-bond donors (Lipinski definition) is 0. The van der Waals surface area contributed by atoms with Gasteiger partial charge in [0.05, 0.1) is 29.1 Å². The largest absolute Gasteiger partial charge is 0.462 e. The van der Waals surface area contributed by atoms with Crippen LogP contribution in [0.3, 0.4) is 0 Å². The minimum atomic E-state index is -2.57. The van der Waals surface area contributed by atoms with Gasteiger partial charge in [-0.3, -0.25) is 9.78 Å². The van der Waals surface area contributed by atoms with Gasteiger partial charge in [0, 0.05) is 74.1 Å². The number of rotatable bonds is 10. The highest BCUT2D eigenvalue weighted by Gasteiger charge is 2.48. The molecule has 2 fully saturated rings. The summed E-state index contributed by atoms with van der Waals surface area (Å²) in [5, 5.41) is 2.46. The van der Waals surface area contributed by atoms with Gasteiger partial charge in [-0.25, -0.2) is 19.7 Å². The predicted molar refractivity (Wildman–Crippen MR) is 178 cm³/mol. The number of hydrogen-bond acceptors (Lipinski definition) is 8. The summed E-state index contributed by atoms with van der Waals surface area (Å²) in [6, 6.07) is 5.31. The van der Waals surface area contributed by atoms with E-state index in [1.807, 2.05) is 42.0 Å². The minimum Gasteiger partial charge on any atom is -0.462 e. The normalized spacial score (nSPS) is 19.9. The summed E-state index contributed by atoms with van der Waals surface area (Å²) in [5.74, 6) is -3.84. The molecule has 1 saturated heterocycles. The van der Waals surface area contributed by atoms with Gasteiger partial charge in [0.1, 0.15) is 18.5 Å². The number of anilines is 2. The fourth-order valence-electron chi connectivity index (χ4n) is 6.96. The van der Waals surface area contributed by atoms with Crippen molar-refractivity contribution in [3.8, 4) is 6.01 Å². The fourth-order valence-corrected chi connectivity index (χ4v) is 7.24. The van der Waals surface area contributed by atoms with Crippen molar-refractivity contribution in [2.24, 2.45) is 5.92 Å². The summed E-state index contributed by atoms with van der Waals surface area (Å²) in [7, 11) is 1.90. The molecule has 2 aliphatic heterocycles. The van der Waals surface area contributed by atoms with Crippen LogP contribution in [-0.4, -0.2) is 102 Å². The average molecular weight is 683 g/mol. The topological polar surface area (TPSA) is 82.3 Å². The van der Waals surface area contributed by atoms with Crippen LogP contribution in [0.15, 0.2) is 43.0 Å². The number of piperazine rings is 1. The van der Waals surface area contributed by atoms with Gasteiger partial charge in [0.25, 0.3) is 5.91 Å². The van der Waals surface area contributed by atoms with E-state index in [9.17, 15) is 18.0 Å². The zero-order valence-electron chi connectivity index (χ0n) is 27.0. The summed E-state index contributed by atoms with van der Waals surface area (Å²) >= 11 is 6.65. The number of carbonyl (C=O) groups excluding carboxylic acids is 1. The lowest BCUT2D eigenvalue weighted by molar-refractivity contribution is -0.131. The Kier molecular flexibility index (Phi) is 9.67. The van der Waals surface area contributed by atoms with E-state index in [1.54, 1.807) is 12.4 Å². The van der Waals surface area contributed by atoms with Crippen LogP contribution >= 0.6 is 11.6 Å². The molecule has 2 aromatic heterocycles. The summed E-state index contributed by atoms with van der Waals surface area (Å²) < 4.78 is 46.9. The summed E-state index contributed by atoms with van der Waals surface area (Å²) in [6.45, 7) is 15.3. The van der Waals surface area contributed by atoms with Gasteiger partial charge in [-0.1, -0.05) is 30.3 Å². The van der Waals surface area contributed by atoms with Crippen molar-refractivity contribution in [2.45, 2.75) is 50.7 Å². The maximum atomic E-state index is 13.8. The second kappa shape index (κ2) is 13.8. The second-order valence-electron chi connectivity index (χ2n) is 12.9. The van der Waals surface area contributed by atoms with Crippen molar-refractivity contribution in [1.82, 2.24) is 24.8 Å². The lowest BCUT2D eigenvalue weighted by Crippen LogP contribution is -2.57. The average Bonchev–Trinajstić information content (AvgIpc) is 3.05. The number of nitrogens with zero attached hydrogens (tertiary/aromatic N) is 8. The van der Waals surface area contributed by atoms with Crippen LogP contribution < -0.4 is 14.5 Å². The predicted octanol–water partition coefficient (Wildman–Crippen LogP) is 5.40. The van der Waals surface area contributed by atoms with Gasteiger partial charge < -0.3 is 29.2 Å².